The minimum Gasteiger partial charge on any atom is -0.306 e. The Labute approximate surface area is 126 Å². The number of rotatable bonds is 4. The molecule has 0 bridgehead atoms. The normalized spacial score (nSPS) is 12.7. The fourth-order valence-electron chi connectivity index (χ4n) is 1.82. The Kier molecular flexibility index (Phi) is 4.93. The Bertz CT molecular complexity index is 519. The van der Waals surface area contributed by atoms with E-state index in [9.17, 15) is 0 Å². The fourth-order valence-corrected chi connectivity index (χ4v) is 3.63. The van der Waals surface area contributed by atoms with Crippen molar-refractivity contribution in [3.8, 4) is 0 Å². The van der Waals surface area contributed by atoms with Crippen molar-refractivity contribution in [1.29, 1.82) is 0 Å². The van der Waals surface area contributed by atoms with Crippen LogP contribution in [0, 0.1) is 0 Å². The smallest absolute Gasteiger partial charge is 0.0687 e. The monoisotopic (exact) mass is 319 g/mol. The van der Waals surface area contributed by atoms with Crippen LogP contribution >= 0.6 is 46.1 Å². The highest BCUT2D eigenvalue weighted by molar-refractivity contribution is 7.10. The predicted molar refractivity (Wildman–Crippen MR) is 81.3 cm³/mol. The van der Waals surface area contributed by atoms with Gasteiger partial charge in [0.1, 0.15) is 0 Å². The molecule has 2 aromatic rings. The molecule has 1 unspecified atom stereocenters. The highest BCUT2D eigenvalue weighted by Gasteiger charge is 2.18. The maximum absolute atomic E-state index is 6.20. The molecular formula is C13H12Cl3NS. The van der Waals surface area contributed by atoms with E-state index < -0.39 is 0 Å². The van der Waals surface area contributed by atoms with Gasteiger partial charge in [-0.15, -0.1) is 11.3 Å². The van der Waals surface area contributed by atoms with Gasteiger partial charge in [0.25, 0.3) is 0 Å². The molecule has 96 valence electrons. The Morgan fingerprint density at radius 1 is 1.17 bits per heavy atom. The summed E-state index contributed by atoms with van der Waals surface area (Å²) < 4.78 is 0. The third-order valence-corrected chi connectivity index (χ3v) is 4.39. The molecule has 1 nitrogen and oxygen atoms in total. The predicted octanol–water partition coefficient (Wildman–Crippen LogP) is 5.41. The van der Waals surface area contributed by atoms with Gasteiger partial charge in [-0.25, -0.2) is 0 Å². The highest BCUT2D eigenvalue weighted by atomic mass is 35.5. The van der Waals surface area contributed by atoms with Gasteiger partial charge in [0.05, 0.1) is 11.1 Å². The molecule has 0 spiro atoms. The number of nitrogens with one attached hydrogen (secondary N) is 1. The first-order valence-corrected chi connectivity index (χ1v) is 7.55. The lowest BCUT2D eigenvalue weighted by atomic mass is 10.1. The molecule has 18 heavy (non-hydrogen) atoms. The molecule has 0 aliphatic rings. The van der Waals surface area contributed by atoms with E-state index in [1.807, 2.05) is 23.6 Å². The first-order valence-electron chi connectivity index (χ1n) is 5.54. The second kappa shape index (κ2) is 6.27. The van der Waals surface area contributed by atoms with Crippen LogP contribution in [0.5, 0.6) is 0 Å². The lowest BCUT2D eigenvalue weighted by Gasteiger charge is -2.18. The average Bonchev–Trinajstić information content (AvgIpc) is 2.71. The molecule has 0 radical (unpaired) electrons. The summed E-state index contributed by atoms with van der Waals surface area (Å²) in [5.74, 6) is 0. The summed E-state index contributed by atoms with van der Waals surface area (Å²) in [5, 5.41) is 7.42. The lowest BCUT2D eigenvalue weighted by Crippen LogP contribution is -2.21. The standard InChI is InChI=1S/C13H12Cl3NS/c1-2-17-12(13-11(16)3-4-18-13)8-5-9(14)7-10(15)6-8/h3-7,12,17H,2H2,1H3. The molecule has 0 saturated carbocycles. The van der Waals surface area contributed by atoms with E-state index in [-0.39, 0.29) is 6.04 Å². The number of benzene rings is 1. The molecule has 1 heterocycles. The van der Waals surface area contributed by atoms with Crippen molar-refractivity contribution in [1.82, 2.24) is 5.32 Å². The second-order valence-corrected chi connectivity index (χ2v) is 6.05. The number of thiophene rings is 1. The second-order valence-electron chi connectivity index (χ2n) is 3.83. The Hall–Kier alpha value is -0.250. The van der Waals surface area contributed by atoms with Gasteiger partial charge in [-0.2, -0.15) is 0 Å². The maximum atomic E-state index is 6.20. The molecule has 0 amide bonds. The molecule has 2 rings (SSSR count). The van der Waals surface area contributed by atoms with Crippen LogP contribution in [-0.2, 0) is 0 Å². The summed E-state index contributed by atoms with van der Waals surface area (Å²) in [7, 11) is 0. The van der Waals surface area contributed by atoms with Crippen LogP contribution in [0.1, 0.15) is 23.4 Å². The zero-order valence-electron chi connectivity index (χ0n) is 9.71. The van der Waals surface area contributed by atoms with E-state index in [2.05, 4.69) is 12.2 Å². The molecule has 1 atom stereocenters. The molecule has 0 aliphatic heterocycles. The van der Waals surface area contributed by atoms with Gasteiger partial charge in [0.15, 0.2) is 0 Å². The van der Waals surface area contributed by atoms with Gasteiger partial charge < -0.3 is 5.32 Å². The van der Waals surface area contributed by atoms with Gasteiger partial charge in [0, 0.05) is 14.9 Å². The summed E-state index contributed by atoms with van der Waals surface area (Å²) in [4.78, 5) is 1.08. The third kappa shape index (κ3) is 3.19. The number of hydrogen-bond acceptors (Lipinski definition) is 2. The average molecular weight is 321 g/mol. The topological polar surface area (TPSA) is 12.0 Å². The van der Waals surface area contributed by atoms with Gasteiger partial charge in [-0.05, 0) is 41.8 Å². The van der Waals surface area contributed by atoms with Gasteiger partial charge >= 0.3 is 0 Å². The van der Waals surface area contributed by atoms with Crippen molar-refractivity contribution in [3.63, 3.8) is 0 Å². The van der Waals surface area contributed by atoms with Crippen molar-refractivity contribution < 1.29 is 0 Å². The van der Waals surface area contributed by atoms with Crippen LogP contribution < -0.4 is 5.32 Å². The van der Waals surface area contributed by atoms with Gasteiger partial charge in [-0.3, -0.25) is 0 Å². The fraction of sp³-hybridized carbons (Fsp3) is 0.231. The van der Waals surface area contributed by atoms with Crippen molar-refractivity contribution in [2.45, 2.75) is 13.0 Å². The molecule has 0 aliphatic carbocycles. The van der Waals surface area contributed by atoms with E-state index in [1.54, 1.807) is 17.4 Å². The van der Waals surface area contributed by atoms with Crippen LogP contribution in [0.2, 0.25) is 15.1 Å². The SMILES string of the molecule is CCNC(c1cc(Cl)cc(Cl)c1)c1sccc1Cl. The van der Waals surface area contributed by atoms with E-state index in [0.717, 1.165) is 22.0 Å². The molecule has 5 heteroatoms. The zero-order chi connectivity index (χ0) is 13.1. The van der Waals surface area contributed by atoms with Gasteiger partial charge in [0.2, 0.25) is 0 Å². The highest BCUT2D eigenvalue weighted by Crippen LogP contribution is 2.34. The summed E-state index contributed by atoms with van der Waals surface area (Å²) in [6, 6.07) is 7.48. The summed E-state index contributed by atoms with van der Waals surface area (Å²) >= 11 is 19.9. The summed E-state index contributed by atoms with van der Waals surface area (Å²) in [5.41, 5.74) is 1.03. The zero-order valence-corrected chi connectivity index (χ0v) is 12.8. The lowest BCUT2D eigenvalue weighted by molar-refractivity contribution is 0.640. The Balaban J connectivity index is 2.44. The minimum atomic E-state index is 0.0266. The van der Waals surface area contributed by atoms with Crippen molar-refractivity contribution >= 4 is 46.1 Å². The third-order valence-electron chi connectivity index (χ3n) is 2.53. The maximum Gasteiger partial charge on any atom is 0.0687 e. The molecule has 0 saturated heterocycles. The Morgan fingerprint density at radius 3 is 2.33 bits per heavy atom. The van der Waals surface area contributed by atoms with Crippen molar-refractivity contribution in [2.24, 2.45) is 0 Å². The summed E-state index contributed by atoms with van der Waals surface area (Å²) in [6.45, 7) is 2.89. The van der Waals surface area contributed by atoms with Gasteiger partial charge in [-0.1, -0.05) is 41.7 Å². The summed E-state index contributed by atoms with van der Waals surface area (Å²) in [6.07, 6.45) is 0. The van der Waals surface area contributed by atoms with E-state index in [1.165, 1.54) is 0 Å². The van der Waals surface area contributed by atoms with E-state index in [0.29, 0.717) is 10.0 Å². The van der Waals surface area contributed by atoms with Crippen LogP contribution in [0.25, 0.3) is 0 Å². The molecule has 1 aromatic carbocycles. The molecule has 1 aromatic heterocycles. The number of hydrogen-bond donors (Lipinski definition) is 1. The molecule has 0 fully saturated rings. The van der Waals surface area contributed by atoms with Crippen molar-refractivity contribution in [3.05, 3.63) is 55.2 Å². The first-order chi connectivity index (χ1) is 8.61. The largest absolute Gasteiger partial charge is 0.306 e. The Morgan fingerprint density at radius 2 is 1.83 bits per heavy atom. The van der Waals surface area contributed by atoms with E-state index in [4.69, 9.17) is 34.8 Å². The van der Waals surface area contributed by atoms with Crippen LogP contribution in [0.15, 0.2) is 29.6 Å². The van der Waals surface area contributed by atoms with Crippen LogP contribution in [0.3, 0.4) is 0 Å². The minimum absolute atomic E-state index is 0.0266. The number of halogens is 3. The quantitative estimate of drug-likeness (QED) is 0.794. The van der Waals surface area contributed by atoms with Crippen LogP contribution in [0.4, 0.5) is 0 Å². The molecular weight excluding hydrogens is 309 g/mol. The van der Waals surface area contributed by atoms with Crippen molar-refractivity contribution in [2.75, 3.05) is 6.54 Å². The van der Waals surface area contributed by atoms with E-state index >= 15 is 0 Å². The van der Waals surface area contributed by atoms with Crippen LogP contribution in [-0.4, -0.2) is 6.54 Å². The first kappa shape index (κ1) is 14.2. The molecule has 1 N–H and O–H groups in total.